The molecule has 0 bridgehead atoms. The highest BCUT2D eigenvalue weighted by Gasteiger charge is 2.34. The van der Waals surface area contributed by atoms with E-state index in [1.807, 2.05) is 6.07 Å². The van der Waals surface area contributed by atoms with E-state index in [1.165, 1.54) is 4.90 Å². The molecular formula is C15H13ClN2O3. The summed E-state index contributed by atoms with van der Waals surface area (Å²) in [4.78, 5) is 29.3. The van der Waals surface area contributed by atoms with E-state index in [1.54, 1.807) is 24.3 Å². The number of aromatic nitrogens is 1. The maximum absolute atomic E-state index is 12.5. The van der Waals surface area contributed by atoms with Crippen molar-refractivity contribution in [2.75, 3.05) is 6.54 Å². The molecule has 0 radical (unpaired) electrons. The van der Waals surface area contributed by atoms with Gasteiger partial charge in [-0.05, 0) is 31.0 Å². The number of hydrogen-bond acceptors (Lipinski definition) is 3. The molecule has 108 valence electrons. The fourth-order valence-corrected chi connectivity index (χ4v) is 2.79. The molecule has 0 saturated carbocycles. The highest BCUT2D eigenvalue weighted by Crippen LogP contribution is 2.22. The van der Waals surface area contributed by atoms with Gasteiger partial charge in [-0.1, -0.05) is 23.7 Å². The first-order valence-corrected chi connectivity index (χ1v) is 7.04. The summed E-state index contributed by atoms with van der Waals surface area (Å²) < 4.78 is 0. The standard InChI is InChI=1S/C15H13ClN2O3/c16-10-5-3-9-4-6-11(17-12(9)8-10)14(19)18-7-1-2-13(18)15(20)21/h3-6,8,13H,1-2,7H2,(H,20,21)/t13-/m0/s1. The lowest BCUT2D eigenvalue weighted by atomic mass is 10.2. The lowest BCUT2D eigenvalue weighted by molar-refractivity contribution is -0.141. The number of carboxylic acids is 1. The molecule has 1 amide bonds. The Labute approximate surface area is 126 Å². The largest absolute Gasteiger partial charge is 0.480 e. The van der Waals surface area contributed by atoms with Crippen molar-refractivity contribution in [3.8, 4) is 0 Å². The summed E-state index contributed by atoms with van der Waals surface area (Å²) >= 11 is 5.93. The Morgan fingerprint density at radius 2 is 2.05 bits per heavy atom. The zero-order valence-corrected chi connectivity index (χ0v) is 11.9. The Bertz CT molecular complexity index is 732. The second-order valence-corrected chi connectivity index (χ2v) is 5.46. The minimum atomic E-state index is -0.968. The van der Waals surface area contributed by atoms with E-state index in [0.717, 1.165) is 5.39 Å². The maximum atomic E-state index is 12.5. The summed E-state index contributed by atoms with van der Waals surface area (Å²) in [6.45, 7) is 0.449. The number of amides is 1. The second-order valence-electron chi connectivity index (χ2n) is 5.03. The van der Waals surface area contributed by atoms with E-state index in [0.29, 0.717) is 29.9 Å². The molecule has 21 heavy (non-hydrogen) atoms. The van der Waals surface area contributed by atoms with Gasteiger partial charge in [0.05, 0.1) is 5.52 Å². The molecule has 0 aliphatic carbocycles. The average Bonchev–Trinajstić information content (AvgIpc) is 2.95. The number of halogens is 1. The summed E-state index contributed by atoms with van der Waals surface area (Å²) in [6, 6.07) is 7.93. The number of carboxylic acid groups (broad SMARTS) is 1. The Hall–Kier alpha value is -2.14. The second kappa shape index (κ2) is 5.33. The summed E-state index contributed by atoms with van der Waals surface area (Å²) in [5.74, 6) is -1.31. The molecule has 1 N–H and O–H groups in total. The van der Waals surface area contributed by atoms with Gasteiger partial charge >= 0.3 is 5.97 Å². The molecule has 3 rings (SSSR count). The SMILES string of the molecule is O=C(O)[C@@H]1CCCN1C(=O)c1ccc2ccc(Cl)cc2n1. The topological polar surface area (TPSA) is 70.5 Å². The summed E-state index contributed by atoms with van der Waals surface area (Å²) in [7, 11) is 0. The van der Waals surface area contributed by atoms with Crippen molar-refractivity contribution in [1.29, 1.82) is 0 Å². The third-order valence-electron chi connectivity index (χ3n) is 3.67. The maximum Gasteiger partial charge on any atom is 0.326 e. The van der Waals surface area contributed by atoms with E-state index in [2.05, 4.69) is 4.98 Å². The molecule has 1 aliphatic rings. The number of fused-ring (bicyclic) bond motifs is 1. The first kappa shape index (κ1) is 13.8. The van der Waals surface area contributed by atoms with Crippen molar-refractivity contribution in [2.45, 2.75) is 18.9 Å². The van der Waals surface area contributed by atoms with Crippen LogP contribution in [0.4, 0.5) is 0 Å². The van der Waals surface area contributed by atoms with Gasteiger partial charge in [0.1, 0.15) is 11.7 Å². The number of rotatable bonds is 2. The summed E-state index contributed by atoms with van der Waals surface area (Å²) in [6.07, 6.45) is 1.18. The van der Waals surface area contributed by atoms with Crippen LogP contribution in [0.15, 0.2) is 30.3 Å². The molecule has 1 atom stereocenters. The lowest BCUT2D eigenvalue weighted by Crippen LogP contribution is -2.40. The Morgan fingerprint density at radius 3 is 2.81 bits per heavy atom. The Morgan fingerprint density at radius 1 is 1.29 bits per heavy atom. The summed E-state index contributed by atoms with van der Waals surface area (Å²) in [5.41, 5.74) is 0.873. The van der Waals surface area contributed by atoms with Crippen LogP contribution in [-0.4, -0.2) is 39.5 Å². The third kappa shape index (κ3) is 2.56. The van der Waals surface area contributed by atoms with Gasteiger partial charge in [-0.3, -0.25) is 4.79 Å². The highest BCUT2D eigenvalue weighted by atomic mass is 35.5. The lowest BCUT2D eigenvalue weighted by Gasteiger charge is -2.21. The first-order chi connectivity index (χ1) is 10.1. The molecule has 1 fully saturated rings. The monoisotopic (exact) mass is 304 g/mol. The van der Waals surface area contributed by atoms with Crippen LogP contribution in [0.25, 0.3) is 10.9 Å². The molecule has 6 heteroatoms. The molecular weight excluding hydrogens is 292 g/mol. The number of aliphatic carboxylic acids is 1. The fraction of sp³-hybridized carbons (Fsp3) is 0.267. The molecule has 2 heterocycles. The number of carbonyl (C=O) groups excluding carboxylic acids is 1. The van der Waals surface area contributed by atoms with Crippen LogP contribution in [0.1, 0.15) is 23.3 Å². The van der Waals surface area contributed by atoms with Gasteiger partial charge in [-0.25, -0.2) is 9.78 Å². The minimum absolute atomic E-state index is 0.248. The van der Waals surface area contributed by atoms with Gasteiger partial charge in [0, 0.05) is 17.0 Å². The zero-order chi connectivity index (χ0) is 15.0. The fourth-order valence-electron chi connectivity index (χ4n) is 2.62. The predicted molar refractivity (Wildman–Crippen MR) is 78.4 cm³/mol. The van der Waals surface area contributed by atoms with Gasteiger partial charge in [-0.2, -0.15) is 0 Å². The number of pyridine rings is 1. The van der Waals surface area contributed by atoms with Crippen molar-refractivity contribution in [1.82, 2.24) is 9.88 Å². The Balaban J connectivity index is 1.96. The normalized spacial score (nSPS) is 18.1. The van der Waals surface area contributed by atoms with Crippen molar-refractivity contribution >= 4 is 34.4 Å². The van der Waals surface area contributed by atoms with E-state index in [-0.39, 0.29) is 11.6 Å². The van der Waals surface area contributed by atoms with Gasteiger partial charge in [0.15, 0.2) is 0 Å². The number of nitrogens with zero attached hydrogens (tertiary/aromatic N) is 2. The molecule has 2 aromatic rings. The van der Waals surface area contributed by atoms with Crippen LogP contribution in [0, 0.1) is 0 Å². The molecule has 1 aromatic heterocycles. The van der Waals surface area contributed by atoms with Crippen LogP contribution >= 0.6 is 11.6 Å². The highest BCUT2D eigenvalue weighted by molar-refractivity contribution is 6.31. The predicted octanol–water partition coefficient (Wildman–Crippen LogP) is 2.58. The van der Waals surface area contributed by atoms with Crippen molar-refractivity contribution in [3.05, 3.63) is 41.0 Å². The van der Waals surface area contributed by atoms with Gasteiger partial charge in [0.2, 0.25) is 0 Å². The smallest absolute Gasteiger partial charge is 0.326 e. The molecule has 0 spiro atoms. The molecule has 5 nitrogen and oxygen atoms in total. The zero-order valence-electron chi connectivity index (χ0n) is 11.1. The van der Waals surface area contributed by atoms with Crippen molar-refractivity contribution in [2.24, 2.45) is 0 Å². The molecule has 1 saturated heterocycles. The van der Waals surface area contributed by atoms with E-state index in [9.17, 15) is 9.59 Å². The first-order valence-electron chi connectivity index (χ1n) is 6.66. The van der Waals surface area contributed by atoms with Crippen LogP contribution in [0.3, 0.4) is 0 Å². The number of likely N-dealkylation sites (tertiary alicyclic amines) is 1. The molecule has 1 aromatic carbocycles. The van der Waals surface area contributed by atoms with Crippen molar-refractivity contribution < 1.29 is 14.7 Å². The summed E-state index contributed by atoms with van der Waals surface area (Å²) in [5, 5.41) is 10.6. The Kier molecular flexibility index (Phi) is 3.51. The van der Waals surface area contributed by atoms with E-state index in [4.69, 9.17) is 16.7 Å². The number of carbonyl (C=O) groups is 2. The number of benzene rings is 1. The van der Waals surface area contributed by atoms with Gasteiger partial charge < -0.3 is 10.0 Å². The minimum Gasteiger partial charge on any atom is -0.480 e. The van der Waals surface area contributed by atoms with Crippen LogP contribution in [0.2, 0.25) is 5.02 Å². The van der Waals surface area contributed by atoms with E-state index >= 15 is 0 Å². The molecule has 0 unspecified atom stereocenters. The van der Waals surface area contributed by atoms with Crippen LogP contribution in [-0.2, 0) is 4.79 Å². The van der Waals surface area contributed by atoms with Gasteiger partial charge in [-0.15, -0.1) is 0 Å². The number of hydrogen-bond donors (Lipinski definition) is 1. The molecule has 1 aliphatic heterocycles. The third-order valence-corrected chi connectivity index (χ3v) is 3.91. The van der Waals surface area contributed by atoms with Gasteiger partial charge in [0.25, 0.3) is 5.91 Å². The van der Waals surface area contributed by atoms with Crippen LogP contribution in [0.5, 0.6) is 0 Å². The van der Waals surface area contributed by atoms with E-state index < -0.39 is 12.0 Å². The quantitative estimate of drug-likeness (QED) is 0.925. The average molecular weight is 305 g/mol. The van der Waals surface area contributed by atoms with Crippen molar-refractivity contribution in [3.63, 3.8) is 0 Å². The van der Waals surface area contributed by atoms with Crippen LogP contribution < -0.4 is 0 Å².